The zero-order valence-electron chi connectivity index (χ0n) is 12.8. The maximum Gasteiger partial charge on any atom is 0.573 e. The first-order valence-corrected chi connectivity index (χ1v) is 8.56. The van der Waals surface area contributed by atoms with Crippen molar-refractivity contribution in [1.82, 2.24) is 0 Å². The molecular formula is C19H13F4OS+. The van der Waals surface area contributed by atoms with Crippen molar-refractivity contribution < 1.29 is 22.3 Å². The highest BCUT2D eigenvalue weighted by molar-refractivity contribution is 7.97. The predicted molar refractivity (Wildman–Crippen MR) is 88.1 cm³/mol. The SMILES string of the molecule is Fc1ccc([S+](c2ccccc2)c2ccccc2)cc1OC(F)(F)F. The summed E-state index contributed by atoms with van der Waals surface area (Å²) in [6, 6.07) is 22.3. The number of benzene rings is 3. The van der Waals surface area contributed by atoms with Crippen LogP contribution in [0.3, 0.4) is 0 Å². The van der Waals surface area contributed by atoms with E-state index >= 15 is 0 Å². The second kappa shape index (κ2) is 7.19. The van der Waals surface area contributed by atoms with Gasteiger partial charge in [0.05, 0.1) is 10.9 Å². The molecule has 25 heavy (non-hydrogen) atoms. The third kappa shape index (κ3) is 4.33. The highest BCUT2D eigenvalue weighted by atomic mass is 32.2. The summed E-state index contributed by atoms with van der Waals surface area (Å²) in [7, 11) is -0.676. The minimum absolute atomic E-state index is 0.540. The smallest absolute Gasteiger partial charge is 0.402 e. The second-order valence-corrected chi connectivity index (χ2v) is 7.10. The van der Waals surface area contributed by atoms with Crippen LogP contribution in [0, 0.1) is 5.82 Å². The maximum atomic E-state index is 13.7. The Labute approximate surface area is 145 Å². The van der Waals surface area contributed by atoms with Crippen molar-refractivity contribution in [1.29, 1.82) is 0 Å². The third-order valence-electron chi connectivity index (χ3n) is 3.32. The number of halogens is 4. The van der Waals surface area contributed by atoms with Crippen LogP contribution < -0.4 is 4.74 Å². The van der Waals surface area contributed by atoms with Gasteiger partial charge in [0.15, 0.2) is 26.3 Å². The lowest BCUT2D eigenvalue weighted by atomic mass is 10.3. The zero-order chi connectivity index (χ0) is 17.9. The molecule has 0 atom stereocenters. The molecule has 0 aromatic heterocycles. The van der Waals surface area contributed by atoms with Gasteiger partial charge < -0.3 is 4.74 Å². The Kier molecular flexibility index (Phi) is 4.99. The van der Waals surface area contributed by atoms with Crippen LogP contribution in [-0.2, 0) is 10.9 Å². The van der Waals surface area contributed by atoms with E-state index in [0.29, 0.717) is 4.90 Å². The standard InChI is InChI=1S/C19H13F4OS/c20-17-12-11-16(13-18(17)24-19(21,22)23)25(14-7-3-1-4-8-14)15-9-5-2-6-10-15/h1-13H/q+1. The first-order valence-electron chi connectivity index (χ1n) is 7.34. The molecule has 128 valence electrons. The van der Waals surface area contributed by atoms with Crippen molar-refractivity contribution in [2.24, 2.45) is 0 Å². The first-order chi connectivity index (χ1) is 11.9. The number of hydrogen-bond acceptors (Lipinski definition) is 1. The Hall–Kier alpha value is -2.47. The van der Waals surface area contributed by atoms with Gasteiger partial charge in [0.2, 0.25) is 0 Å². The van der Waals surface area contributed by atoms with Crippen molar-refractivity contribution in [3.63, 3.8) is 0 Å². The lowest BCUT2D eigenvalue weighted by Gasteiger charge is -2.12. The van der Waals surface area contributed by atoms with Crippen molar-refractivity contribution in [3.05, 3.63) is 84.7 Å². The minimum Gasteiger partial charge on any atom is -0.402 e. The summed E-state index contributed by atoms with van der Waals surface area (Å²) in [6.07, 6.45) is -4.95. The van der Waals surface area contributed by atoms with E-state index in [1.54, 1.807) is 0 Å². The van der Waals surface area contributed by atoms with Gasteiger partial charge in [-0.25, -0.2) is 4.39 Å². The lowest BCUT2D eigenvalue weighted by Crippen LogP contribution is -2.18. The molecule has 0 spiro atoms. The molecule has 0 N–H and O–H groups in total. The lowest BCUT2D eigenvalue weighted by molar-refractivity contribution is -0.275. The normalized spacial score (nSPS) is 11.6. The summed E-state index contributed by atoms with van der Waals surface area (Å²) >= 11 is 0. The van der Waals surface area contributed by atoms with Crippen LogP contribution in [0.1, 0.15) is 0 Å². The van der Waals surface area contributed by atoms with Gasteiger partial charge in [-0.3, -0.25) is 0 Å². The van der Waals surface area contributed by atoms with E-state index in [1.807, 2.05) is 60.7 Å². The van der Waals surface area contributed by atoms with Crippen LogP contribution in [0.5, 0.6) is 5.75 Å². The highest BCUT2D eigenvalue weighted by Crippen LogP contribution is 2.35. The van der Waals surface area contributed by atoms with Gasteiger partial charge in [-0.2, -0.15) is 0 Å². The van der Waals surface area contributed by atoms with Gasteiger partial charge in [0.25, 0.3) is 0 Å². The molecule has 0 bridgehead atoms. The molecule has 0 aliphatic carbocycles. The monoisotopic (exact) mass is 365 g/mol. The molecule has 0 saturated heterocycles. The van der Waals surface area contributed by atoms with Gasteiger partial charge >= 0.3 is 6.36 Å². The summed E-state index contributed by atoms with van der Waals surface area (Å²) in [5.74, 6) is -1.87. The second-order valence-electron chi connectivity index (χ2n) is 5.07. The number of alkyl halides is 3. The quantitative estimate of drug-likeness (QED) is 0.418. The molecular weight excluding hydrogens is 352 g/mol. The summed E-state index contributed by atoms with van der Waals surface area (Å²) in [5, 5.41) is 0. The zero-order valence-corrected chi connectivity index (χ0v) is 13.7. The Balaban J connectivity index is 2.10. The summed E-state index contributed by atoms with van der Waals surface area (Å²) < 4.78 is 55.1. The van der Waals surface area contributed by atoms with Crippen LogP contribution in [0.2, 0.25) is 0 Å². The Morgan fingerprint density at radius 1 is 0.680 bits per heavy atom. The largest absolute Gasteiger partial charge is 0.573 e. The van der Waals surface area contributed by atoms with Gasteiger partial charge in [0.1, 0.15) is 0 Å². The minimum atomic E-state index is -4.95. The Morgan fingerprint density at radius 3 is 1.68 bits per heavy atom. The van der Waals surface area contributed by atoms with Crippen molar-refractivity contribution in [2.45, 2.75) is 21.0 Å². The van der Waals surface area contributed by atoms with E-state index in [1.165, 1.54) is 6.07 Å². The van der Waals surface area contributed by atoms with Crippen LogP contribution >= 0.6 is 0 Å². The molecule has 0 aliphatic rings. The van der Waals surface area contributed by atoms with Crippen LogP contribution in [-0.4, -0.2) is 6.36 Å². The van der Waals surface area contributed by atoms with Gasteiger partial charge in [-0.05, 0) is 36.4 Å². The number of hydrogen-bond donors (Lipinski definition) is 0. The molecule has 0 aliphatic heterocycles. The van der Waals surface area contributed by atoms with E-state index in [0.717, 1.165) is 21.9 Å². The van der Waals surface area contributed by atoms with E-state index in [-0.39, 0.29) is 0 Å². The van der Waals surface area contributed by atoms with E-state index in [4.69, 9.17) is 0 Å². The maximum absolute atomic E-state index is 13.7. The fraction of sp³-hybridized carbons (Fsp3) is 0.0526. The van der Waals surface area contributed by atoms with Crippen molar-refractivity contribution >= 4 is 10.9 Å². The number of ether oxygens (including phenoxy) is 1. The van der Waals surface area contributed by atoms with E-state index in [9.17, 15) is 17.6 Å². The Bertz CT molecular complexity index is 796. The van der Waals surface area contributed by atoms with Gasteiger partial charge in [-0.15, -0.1) is 13.2 Å². The molecule has 3 rings (SSSR count). The molecule has 0 radical (unpaired) electrons. The van der Waals surface area contributed by atoms with Gasteiger partial charge in [0, 0.05) is 6.07 Å². The fourth-order valence-corrected chi connectivity index (χ4v) is 4.44. The van der Waals surface area contributed by atoms with Crippen molar-refractivity contribution in [2.75, 3.05) is 0 Å². The summed E-state index contributed by atoms with van der Waals surface area (Å²) in [6.45, 7) is 0. The molecule has 0 fully saturated rings. The van der Waals surface area contributed by atoms with Crippen LogP contribution in [0.25, 0.3) is 0 Å². The predicted octanol–water partition coefficient (Wildman–Crippen LogP) is 5.82. The summed E-state index contributed by atoms with van der Waals surface area (Å²) in [5.41, 5.74) is 0. The molecule has 3 aromatic carbocycles. The topological polar surface area (TPSA) is 9.23 Å². The van der Waals surface area contributed by atoms with Gasteiger partial charge in [-0.1, -0.05) is 36.4 Å². The van der Waals surface area contributed by atoms with E-state index < -0.39 is 28.8 Å². The molecule has 0 heterocycles. The fourth-order valence-electron chi connectivity index (χ4n) is 2.33. The van der Waals surface area contributed by atoms with Crippen LogP contribution in [0.15, 0.2) is 93.5 Å². The molecule has 0 amide bonds. The average molecular weight is 365 g/mol. The first kappa shape index (κ1) is 17.4. The molecule has 1 nitrogen and oxygen atoms in total. The molecule has 3 aromatic rings. The summed E-state index contributed by atoms with van der Waals surface area (Å²) in [4.78, 5) is 2.37. The van der Waals surface area contributed by atoms with E-state index in [2.05, 4.69) is 4.74 Å². The number of rotatable bonds is 4. The van der Waals surface area contributed by atoms with Crippen LogP contribution in [0.4, 0.5) is 17.6 Å². The molecule has 0 saturated carbocycles. The Morgan fingerprint density at radius 2 is 1.20 bits per heavy atom. The molecule has 6 heteroatoms. The van der Waals surface area contributed by atoms with Crippen molar-refractivity contribution in [3.8, 4) is 5.75 Å². The molecule has 0 unspecified atom stereocenters. The third-order valence-corrected chi connectivity index (χ3v) is 5.53. The highest BCUT2D eigenvalue weighted by Gasteiger charge is 2.35. The average Bonchev–Trinajstić information content (AvgIpc) is 2.59.